The lowest BCUT2D eigenvalue weighted by Crippen LogP contribution is -2.55. The van der Waals surface area contributed by atoms with Gasteiger partial charge in [-0.2, -0.15) is 0 Å². The van der Waals surface area contributed by atoms with Crippen LogP contribution in [0.15, 0.2) is 42.6 Å². The number of amides is 2. The van der Waals surface area contributed by atoms with Crippen molar-refractivity contribution in [1.82, 2.24) is 15.2 Å². The number of carbonyl (C=O) groups excluding carboxylic acids is 3. The zero-order valence-electron chi connectivity index (χ0n) is 20.2. The van der Waals surface area contributed by atoms with Crippen LogP contribution in [0.3, 0.4) is 0 Å². The minimum Gasteiger partial charge on any atom is -0.481 e. The average molecular weight is 480 g/mol. The molecule has 2 aromatic rings. The van der Waals surface area contributed by atoms with Crippen LogP contribution in [-0.2, 0) is 27.3 Å². The fourth-order valence-corrected chi connectivity index (χ4v) is 5.56. The third kappa shape index (κ3) is 5.01. The van der Waals surface area contributed by atoms with Gasteiger partial charge < -0.3 is 20.3 Å². The third-order valence-electron chi connectivity index (χ3n) is 7.53. The molecule has 2 heterocycles. The predicted octanol–water partition coefficient (Wildman–Crippen LogP) is 2.91. The Morgan fingerprint density at radius 3 is 2.49 bits per heavy atom. The molecule has 2 unspecified atom stereocenters. The molecule has 0 spiro atoms. The molecule has 0 bridgehead atoms. The predicted molar refractivity (Wildman–Crippen MR) is 130 cm³/mol. The van der Waals surface area contributed by atoms with E-state index < -0.39 is 29.9 Å². The van der Waals surface area contributed by atoms with E-state index in [0.29, 0.717) is 31.2 Å². The molecule has 186 valence electrons. The molecule has 2 aliphatic rings. The second-order valence-corrected chi connectivity index (χ2v) is 9.61. The second kappa shape index (κ2) is 10.5. The van der Waals surface area contributed by atoms with Gasteiger partial charge in [0.15, 0.2) is 0 Å². The van der Waals surface area contributed by atoms with Gasteiger partial charge in [-0.3, -0.25) is 19.2 Å². The second-order valence-electron chi connectivity index (χ2n) is 9.61. The van der Waals surface area contributed by atoms with E-state index in [9.17, 15) is 24.3 Å². The van der Waals surface area contributed by atoms with E-state index >= 15 is 0 Å². The number of carbonyl (C=O) groups is 4. The Kier molecular flexibility index (Phi) is 7.38. The number of hydrogen-bond acceptors (Lipinski definition) is 4. The lowest BCUT2D eigenvalue weighted by atomic mass is 9.79. The molecule has 0 saturated carbocycles. The summed E-state index contributed by atoms with van der Waals surface area (Å²) in [5.74, 6) is -3.20. The lowest BCUT2D eigenvalue weighted by Gasteiger charge is -2.34. The maximum Gasteiger partial charge on any atom is 0.308 e. The molecular formula is C27H33N3O5. The Morgan fingerprint density at radius 1 is 1.11 bits per heavy atom. The summed E-state index contributed by atoms with van der Waals surface area (Å²) >= 11 is 0. The Labute approximate surface area is 205 Å². The van der Waals surface area contributed by atoms with Crippen LogP contribution in [0.2, 0.25) is 0 Å². The molecular weight excluding hydrogens is 446 g/mol. The first-order valence-corrected chi connectivity index (χ1v) is 12.4. The Balaban J connectivity index is 1.58. The van der Waals surface area contributed by atoms with Gasteiger partial charge >= 0.3 is 5.97 Å². The highest BCUT2D eigenvalue weighted by atomic mass is 16.4. The molecule has 3 N–H and O–H groups in total. The monoisotopic (exact) mass is 479 g/mol. The van der Waals surface area contributed by atoms with Crippen molar-refractivity contribution in [3.05, 3.63) is 59.4 Å². The number of benzene rings is 1. The minimum absolute atomic E-state index is 0.0613. The minimum atomic E-state index is -0.988. The first-order chi connectivity index (χ1) is 16.8. The summed E-state index contributed by atoms with van der Waals surface area (Å²) in [4.78, 5) is 51.5. The number of Topliss-reactive ketones (excluding diaryl/α,β-unsaturated/α-hetero) is 1. The molecule has 1 aliphatic carbocycles. The Hall–Kier alpha value is -3.42. The van der Waals surface area contributed by atoms with E-state index in [1.54, 1.807) is 24.3 Å². The number of nitrogens with one attached hydrogen (secondary N) is 2. The molecule has 4 rings (SSSR count). The SMILES string of the molecule is CCC(CC)C(NC(=O)c1ccccc1)C(=O)N[C@H]1CCc2ccn3c2C1C(=O)C[C@H](C(=O)O)C3. The van der Waals surface area contributed by atoms with Crippen LogP contribution >= 0.6 is 0 Å². The molecule has 4 atom stereocenters. The smallest absolute Gasteiger partial charge is 0.308 e. The molecule has 35 heavy (non-hydrogen) atoms. The van der Waals surface area contributed by atoms with Crippen molar-refractivity contribution >= 4 is 23.6 Å². The van der Waals surface area contributed by atoms with Gasteiger partial charge in [0.25, 0.3) is 5.91 Å². The summed E-state index contributed by atoms with van der Waals surface area (Å²) in [5, 5.41) is 15.6. The molecule has 2 amide bonds. The third-order valence-corrected chi connectivity index (χ3v) is 7.53. The van der Waals surface area contributed by atoms with Crippen molar-refractivity contribution in [3.63, 3.8) is 0 Å². The van der Waals surface area contributed by atoms with Crippen molar-refractivity contribution in [3.8, 4) is 0 Å². The highest BCUT2D eigenvalue weighted by Gasteiger charge is 2.43. The van der Waals surface area contributed by atoms with E-state index in [0.717, 1.165) is 11.3 Å². The average Bonchev–Trinajstić information content (AvgIpc) is 3.19. The number of hydrogen-bond donors (Lipinski definition) is 3. The van der Waals surface area contributed by atoms with Gasteiger partial charge in [0.2, 0.25) is 5.91 Å². The number of aliphatic carboxylic acids is 1. The highest BCUT2D eigenvalue weighted by Crippen LogP contribution is 2.38. The van der Waals surface area contributed by atoms with Crippen molar-refractivity contribution in [2.45, 2.75) is 70.5 Å². The first kappa shape index (κ1) is 24.7. The molecule has 1 aromatic heterocycles. The van der Waals surface area contributed by atoms with Crippen molar-refractivity contribution in [2.75, 3.05) is 0 Å². The number of aromatic nitrogens is 1. The van der Waals surface area contributed by atoms with E-state index in [1.165, 1.54) is 0 Å². The van der Waals surface area contributed by atoms with E-state index in [2.05, 4.69) is 10.6 Å². The van der Waals surface area contributed by atoms with Gasteiger partial charge in [-0.05, 0) is 42.5 Å². The number of carboxylic acids is 1. The van der Waals surface area contributed by atoms with Crippen molar-refractivity contribution in [2.24, 2.45) is 11.8 Å². The Bertz CT molecular complexity index is 1110. The fourth-order valence-electron chi connectivity index (χ4n) is 5.56. The number of carboxylic acid groups (broad SMARTS) is 1. The van der Waals surface area contributed by atoms with Gasteiger partial charge in [-0.25, -0.2) is 0 Å². The normalized spacial score (nSPS) is 22.1. The molecule has 0 saturated heterocycles. The molecule has 0 radical (unpaired) electrons. The van der Waals surface area contributed by atoms with E-state index in [1.807, 2.05) is 36.7 Å². The van der Waals surface area contributed by atoms with Crippen LogP contribution in [0.4, 0.5) is 0 Å². The van der Waals surface area contributed by atoms with Gasteiger partial charge in [0.1, 0.15) is 11.8 Å². The lowest BCUT2D eigenvalue weighted by molar-refractivity contribution is -0.144. The van der Waals surface area contributed by atoms with Crippen LogP contribution in [0.25, 0.3) is 0 Å². The standard InChI is InChI=1S/C27H33N3O5/c1-3-16(4-2)23(29-25(32)18-8-6-5-7-9-18)26(33)28-20-11-10-17-12-13-30-15-19(27(34)35)14-21(31)22(20)24(17)30/h5-9,12-13,16,19-20,22-23H,3-4,10-11,14-15H2,1-2H3,(H,28,33)(H,29,32)(H,34,35)/t19-,20-,22?,23?/m0/s1. The number of rotatable bonds is 8. The van der Waals surface area contributed by atoms with Gasteiger partial charge in [-0.1, -0.05) is 44.9 Å². The summed E-state index contributed by atoms with van der Waals surface area (Å²) in [6.07, 6.45) is 4.49. The van der Waals surface area contributed by atoms with Crippen LogP contribution in [0.1, 0.15) is 67.1 Å². The van der Waals surface area contributed by atoms with Crippen LogP contribution in [0, 0.1) is 11.8 Å². The van der Waals surface area contributed by atoms with Crippen molar-refractivity contribution < 1.29 is 24.3 Å². The fraction of sp³-hybridized carbons (Fsp3) is 0.481. The van der Waals surface area contributed by atoms with Gasteiger partial charge in [-0.15, -0.1) is 0 Å². The quantitative estimate of drug-likeness (QED) is 0.538. The largest absolute Gasteiger partial charge is 0.481 e. The summed E-state index contributed by atoms with van der Waals surface area (Å²) in [6, 6.07) is 9.55. The Morgan fingerprint density at radius 2 is 1.83 bits per heavy atom. The van der Waals surface area contributed by atoms with Crippen molar-refractivity contribution in [1.29, 1.82) is 0 Å². The first-order valence-electron chi connectivity index (χ1n) is 12.4. The van der Waals surface area contributed by atoms with Gasteiger partial charge in [0.05, 0.1) is 11.8 Å². The molecule has 8 nitrogen and oxygen atoms in total. The van der Waals surface area contributed by atoms with Crippen LogP contribution < -0.4 is 10.6 Å². The summed E-state index contributed by atoms with van der Waals surface area (Å²) in [7, 11) is 0. The summed E-state index contributed by atoms with van der Waals surface area (Å²) in [5.41, 5.74) is 2.34. The number of aryl methyl sites for hydroxylation is 1. The number of nitrogens with zero attached hydrogens (tertiary/aromatic N) is 1. The summed E-state index contributed by atoms with van der Waals surface area (Å²) < 4.78 is 1.87. The van der Waals surface area contributed by atoms with Crippen LogP contribution in [-0.4, -0.2) is 45.3 Å². The zero-order valence-corrected chi connectivity index (χ0v) is 20.2. The van der Waals surface area contributed by atoms with Crippen LogP contribution in [0.5, 0.6) is 0 Å². The molecule has 1 aliphatic heterocycles. The zero-order chi connectivity index (χ0) is 25.1. The number of ketones is 1. The molecule has 1 aromatic carbocycles. The van der Waals surface area contributed by atoms with E-state index in [4.69, 9.17) is 0 Å². The van der Waals surface area contributed by atoms with Gasteiger partial charge in [0, 0.05) is 36.5 Å². The van der Waals surface area contributed by atoms with E-state index in [-0.39, 0.29) is 36.5 Å². The molecule has 8 heteroatoms. The maximum atomic E-state index is 13.6. The highest BCUT2D eigenvalue weighted by molar-refractivity contribution is 5.98. The maximum absolute atomic E-state index is 13.6. The topological polar surface area (TPSA) is 118 Å². The molecule has 0 fully saturated rings. The summed E-state index contributed by atoms with van der Waals surface area (Å²) in [6.45, 7) is 4.23.